The van der Waals surface area contributed by atoms with E-state index in [1.807, 2.05) is 20.8 Å². The van der Waals surface area contributed by atoms with Gasteiger partial charge in [0.1, 0.15) is 12.3 Å². The van der Waals surface area contributed by atoms with E-state index in [1.165, 1.54) is 12.0 Å². The summed E-state index contributed by atoms with van der Waals surface area (Å²) in [5.41, 5.74) is 0.297. The molecule has 0 spiro atoms. The van der Waals surface area contributed by atoms with Crippen molar-refractivity contribution in [1.29, 1.82) is 0 Å². The minimum absolute atomic E-state index is 0.145. The van der Waals surface area contributed by atoms with Gasteiger partial charge >= 0.3 is 0 Å². The molecular formula is C16H20N4O3S. The number of rotatable bonds is 5. The Kier molecular flexibility index (Phi) is 5.50. The number of aromatic nitrogens is 2. The average Bonchev–Trinajstić information content (AvgIpc) is 3.04. The zero-order chi connectivity index (χ0) is 17.7. The van der Waals surface area contributed by atoms with Crippen molar-refractivity contribution in [3.8, 4) is 5.75 Å². The van der Waals surface area contributed by atoms with Gasteiger partial charge in [-0.2, -0.15) is 0 Å². The molecule has 0 aliphatic carbocycles. The Bertz CT molecular complexity index is 710. The highest BCUT2D eigenvalue weighted by Gasteiger charge is 2.26. The van der Waals surface area contributed by atoms with Crippen LogP contribution in [0.1, 0.15) is 31.3 Å². The largest absolute Gasteiger partial charge is 0.495 e. The van der Waals surface area contributed by atoms with Gasteiger partial charge in [-0.3, -0.25) is 14.5 Å². The van der Waals surface area contributed by atoms with Crippen LogP contribution in [0.2, 0.25) is 0 Å². The van der Waals surface area contributed by atoms with Crippen molar-refractivity contribution in [1.82, 2.24) is 14.9 Å². The molecule has 1 N–H and O–H groups in total. The third kappa shape index (κ3) is 4.51. The molecule has 0 fully saturated rings. The third-order valence-electron chi connectivity index (χ3n) is 3.02. The van der Waals surface area contributed by atoms with Gasteiger partial charge in [0.05, 0.1) is 12.8 Å². The second kappa shape index (κ2) is 7.39. The van der Waals surface area contributed by atoms with E-state index in [1.54, 1.807) is 29.6 Å². The first kappa shape index (κ1) is 17.9. The Morgan fingerprint density at radius 1 is 1.29 bits per heavy atom. The highest BCUT2D eigenvalue weighted by atomic mass is 32.1. The molecule has 7 nitrogen and oxygen atoms in total. The third-order valence-corrected chi connectivity index (χ3v) is 3.52. The summed E-state index contributed by atoms with van der Waals surface area (Å²) in [5, 5.41) is 8.20. The lowest BCUT2D eigenvalue weighted by atomic mass is 10.1. The van der Waals surface area contributed by atoms with Crippen LogP contribution in [0.3, 0.4) is 0 Å². The molecule has 2 aromatic rings. The first-order valence-corrected chi connectivity index (χ1v) is 8.18. The zero-order valence-corrected chi connectivity index (χ0v) is 14.9. The van der Waals surface area contributed by atoms with Crippen molar-refractivity contribution in [2.75, 3.05) is 18.6 Å². The fraction of sp³-hybridized carbons (Fsp3) is 0.375. The SMILES string of the molecule is COc1ccccc1N(CC(=O)NC(C)(C)C)C(=O)c1csnn1. The summed E-state index contributed by atoms with van der Waals surface area (Å²) in [6.07, 6.45) is 0. The van der Waals surface area contributed by atoms with Crippen molar-refractivity contribution in [2.24, 2.45) is 0 Å². The van der Waals surface area contributed by atoms with Crippen LogP contribution in [0.25, 0.3) is 0 Å². The maximum absolute atomic E-state index is 12.8. The number of carbonyl (C=O) groups excluding carboxylic acids is 2. The van der Waals surface area contributed by atoms with Gasteiger partial charge in [-0.1, -0.05) is 16.6 Å². The molecular weight excluding hydrogens is 328 g/mol. The van der Waals surface area contributed by atoms with E-state index in [9.17, 15) is 9.59 Å². The van der Waals surface area contributed by atoms with Crippen LogP contribution in [0.15, 0.2) is 29.6 Å². The van der Waals surface area contributed by atoms with E-state index < -0.39 is 11.4 Å². The van der Waals surface area contributed by atoms with Crippen molar-refractivity contribution < 1.29 is 14.3 Å². The van der Waals surface area contributed by atoms with Crippen LogP contribution >= 0.6 is 11.5 Å². The van der Waals surface area contributed by atoms with Gasteiger partial charge in [0.15, 0.2) is 5.69 Å². The molecule has 1 aromatic heterocycles. The van der Waals surface area contributed by atoms with Crippen molar-refractivity contribution in [3.63, 3.8) is 0 Å². The Labute approximate surface area is 144 Å². The highest BCUT2D eigenvalue weighted by Crippen LogP contribution is 2.28. The molecule has 1 heterocycles. The quantitative estimate of drug-likeness (QED) is 0.894. The number of nitrogens with one attached hydrogen (secondary N) is 1. The van der Waals surface area contributed by atoms with Crippen LogP contribution in [0.5, 0.6) is 5.75 Å². The normalized spacial score (nSPS) is 11.0. The number of carbonyl (C=O) groups is 2. The van der Waals surface area contributed by atoms with Crippen LogP contribution in [-0.2, 0) is 4.79 Å². The molecule has 0 aliphatic heterocycles. The van der Waals surface area contributed by atoms with Crippen LogP contribution in [0.4, 0.5) is 5.69 Å². The molecule has 0 bridgehead atoms. The van der Waals surface area contributed by atoms with Gasteiger partial charge < -0.3 is 10.1 Å². The van der Waals surface area contributed by atoms with Crippen molar-refractivity contribution in [2.45, 2.75) is 26.3 Å². The van der Waals surface area contributed by atoms with Crippen LogP contribution < -0.4 is 15.0 Å². The van der Waals surface area contributed by atoms with Gasteiger partial charge in [-0.15, -0.1) is 5.10 Å². The lowest BCUT2D eigenvalue weighted by Gasteiger charge is -2.26. The van der Waals surface area contributed by atoms with Gasteiger partial charge in [-0.05, 0) is 44.4 Å². The Hall–Kier alpha value is -2.48. The van der Waals surface area contributed by atoms with Crippen LogP contribution in [0, 0.1) is 0 Å². The van der Waals surface area contributed by atoms with E-state index in [-0.39, 0.29) is 18.1 Å². The minimum atomic E-state index is -0.405. The van der Waals surface area contributed by atoms with Gasteiger partial charge in [-0.25, -0.2) is 0 Å². The summed E-state index contributed by atoms with van der Waals surface area (Å²) >= 11 is 1.08. The molecule has 8 heteroatoms. The number of anilines is 1. The summed E-state index contributed by atoms with van der Waals surface area (Å²) in [6.45, 7) is 5.49. The molecule has 0 atom stereocenters. The summed E-state index contributed by atoms with van der Waals surface area (Å²) in [5.74, 6) is -0.181. The number of methoxy groups -OCH3 is 1. The number of nitrogens with zero attached hydrogens (tertiary/aromatic N) is 3. The van der Waals surface area contributed by atoms with E-state index in [0.29, 0.717) is 11.4 Å². The molecule has 0 saturated carbocycles. The molecule has 0 radical (unpaired) electrons. The summed E-state index contributed by atoms with van der Waals surface area (Å²) < 4.78 is 9.03. The minimum Gasteiger partial charge on any atom is -0.495 e. The van der Waals surface area contributed by atoms with Gasteiger partial charge in [0.25, 0.3) is 5.91 Å². The monoisotopic (exact) mass is 348 g/mol. The van der Waals surface area contributed by atoms with E-state index in [2.05, 4.69) is 14.9 Å². The second-order valence-electron chi connectivity index (χ2n) is 6.15. The molecule has 0 saturated heterocycles. The predicted octanol–water partition coefficient (Wildman–Crippen LogP) is 2.11. The fourth-order valence-corrected chi connectivity index (χ4v) is 2.55. The number of benzene rings is 1. The maximum atomic E-state index is 12.8. The van der Waals surface area contributed by atoms with E-state index in [4.69, 9.17) is 4.74 Å². The topological polar surface area (TPSA) is 84.4 Å². The second-order valence-corrected chi connectivity index (χ2v) is 6.76. The number of ether oxygens (including phenoxy) is 1. The fourth-order valence-electron chi connectivity index (χ4n) is 2.12. The Balaban J connectivity index is 2.35. The number of para-hydroxylation sites is 2. The van der Waals surface area contributed by atoms with Gasteiger partial charge in [0.2, 0.25) is 5.91 Å². The van der Waals surface area contributed by atoms with Crippen molar-refractivity contribution in [3.05, 3.63) is 35.3 Å². The van der Waals surface area contributed by atoms with Crippen molar-refractivity contribution >= 4 is 29.0 Å². The average molecular weight is 348 g/mol. The first-order chi connectivity index (χ1) is 11.3. The molecule has 0 unspecified atom stereocenters. The summed E-state index contributed by atoms with van der Waals surface area (Å²) in [4.78, 5) is 26.5. The first-order valence-electron chi connectivity index (χ1n) is 7.35. The molecule has 0 aliphatic rings. The lowest BCUT2D eigenvalue weighted by molar-refractivity contribution is -0.121. The maximum Gasteiger partial charge on any atom is 0.280 e. The number of hydrogen-bond acceptors (Lipinski definition) is 6. The number of hydrogen-bond donors (Lipinski definition) is 1. The molecule has 1 aromatic carbocycles. The lowest BCUT2D eigenvalue weighted by Crippen LogP contribution is -2.47. The van der Waals surface area contributed by atoms with E-state index in [0.717, 1.165) is 11.5 Å². The number of amides is 2. The summed E-state index contributed by atoms with van der Waals surface area (Å²) in [7, 11) is 1.51. The Morgan fingerprint density at radius 3 is 2.58 bits per heavy atom. The molecule has 2 amide bonds. The Morgan fingerprint density at radius 2 is 2.00 bits per heavy atom. The highest BCUT2D eigenvalue weighted by molar-refractivity contribution is 7.03. The van der Waals surface area contributed by atoms with E-state index >= 15 is 0 Å². The zero-order valence-electron chi connectivity index (χ0n) is 14.1. The van der Waals surface area contributed by atoms with Crippen LogP contribution in [-0.4, -0.2) is 40.6 Å². The smallest absolute Gasteiger partial charge is 0.280 e. The summed E-state index contributed by atoms with van der Waals surface area (Å²) in [6, 6.07) is 7.03. The standard InChI is InChI=1S/C16H20N4O3S/c1-16(2,3)17-14(21)9-20(15(22)11-10-24-19-18-11)12-7-5-6-8-13(12)23-4/h5-8,10H,9H2,1-4H3,(H,17,21). The molecule has 2 rings (SSSR count). The molecule has 128 valence electrons. The predicted molar refractivity (Wildman–Crippen MR) is 92.5 cm³/mol. The molecule has 24 heavy (non-hydrogen) atoms. The van der Waals surface area contributed by atoms with Gasteiger partial charge in [0, 0.05) is 10.9 Å².